The van der Waals surface area contributed by atoms with Crippen LogP contribution in [-0.4, -0.2) is 22.2 Å². The Morgan fingerprint density at radius 3 is 2.43 bits per heavy atom. The number of hydrogen-bond donors (Lipinski definition) is 1. The number of carboxylic acid groups (broad SMARTS) is 1. The third-order valence-corrected chi connectivity index (χ3v) is 5.00. The first-order valence-electron chi connectivity index (χ1n) is 8.30. The molecule has 6 nitrogen and oxygen atoms in total. The number of amides is 2. The highest BCUT2D eigenvalue weighted by atomic mass is 32.2. The fraction of sp³-hybridized carbons (Fsp3) is 0. The number of para-hydroxylation sites is 1. The number of anilines is 1. The van der Waals surface area contributed by atoms with Crippen LogP contribution in [0.25, 0.3) is 17.4 Å². The van der Waals surface area contributed by atoms with Gasteiger partial charge >= 0.3 is 5.97 Å². The highest BCUT2D eigenvalue weighted by Gasteiger charge is 2.36. The lowest BCUT2D eigenvalue weighted by Gasteiger charge is -2.11. The number of carboxylic acids is 1. The Morgan fingerprint density at radius 1 is 0.964 bits per heavy atom. The number of hydrogen-bond acceptors (Lipinski definition) is 5. The Hall–Kier alpha value is -3.58. The van der Waals surface area contributed by atoms with Crippen LogP contribution in [0.5, 0.6) is 0 Å². The molecule has 0 unspecified atom stereocenters. The molecule has 1 aliphatic heterocycles. The lowest BCUT2D eigenvalue weighted by atomic mass is 10.1. The molecule has 2 heterocycles. The van der Waals surface area contributed by atoms with Crippen LogP contribution >= 0.6 is 11.8 Å². The molecule has 1 fully saturated rings. The Morgan fingerprint density at radius 2 is 1.68 bits per heavy atom. The summed E-state index contributed by atoms with van der Waals surface area (Å²) in [4.78, 5) is 37.6. The second-order valence-electron chi connectivity index (χ2n) is 5.91. The molecule has 1 aromatic heterocycles. The van der Waals surface area contributed by atoms with E-state index < -0.39 is 11.9 Å². The summed E-state index contributed by atoms with van der Waals surface area (Å²) in [6, 6.07) is 18.4. The fourth-order valence-corrected chi connectivity index (χ4v) is 3.68. The lowest BCUT2D eigenvalue weighted by Crippen LogP contribution is -2.27. The van der Waals surface area contributed by atoms with Crippen molar-refractivity contribution >= 4 is 40.6 Å². The van der Waals surface area contributed by atoms with E-state index in [-0.39, 0.29) is 15.7 Å². The molecule has 0 spiro atoms. The number of aromatic carboxylic acids is 1. The van der Waals surface area contributed by atoms with Crippen LogP contribution < -0.4 is 4.90 Å². The summed E-state index contributed by atoms with van der Waals surface area (Å²) in [5.74, 6) is -0.761. The average molecular weight is 391 g/mol. The van der Waals surface area contributed by atoms with Crippen molar-refractivity contribution in [3.05, 3.63) is 83.0 Å². The minimum atomic E-state index is -1.06. The SMILES string of the molecule is O=C(O)c1ccccc1-c1ccc(/C=C2/SC(=O)N(c3ccccc3)C2=O)o1. The number of rotatable bonds is 4. The molecular weight excluding hydrogens is 378 g/mol. The van der Waals surface area contributed by atoms with Gasteiger partial charge in [0.25, 0.3) is 11.1 Å². The van der Waals surface area contributed by atoms with Gasteiger partial charge in [0.1, 0.15) is 11.5 Å². The molecule has 2 amide bonds. The smallest absolute Gasteiger partial charge is 0.336 e. The zero-order chi connectivity index (χ0) is 19.7. The van der Waals surface area contributed by atoms with E-state index in [9.17, 15) is 19.5 Å². The molecule has 0 radical (unpaired) electrons. The minimum absolute atomic E-state index is 0.118. The molecule has 3 aromatic rings. The van der Waals surface area contributed by atoms with E-state index in [0.717, 1.165) is 16.7 Å². The van der Waals surface area contributed by atoms with Crippen molar-refractivity contribution < 1.29 is 23.9 Å². The number of imide groups is 1. The molecule has 138 valence electrons. The summed E-state index contributed by atoms with van der Waals surface area (Å²) in [7, 11) is 0. The highest BCUT2D eigenvalue weighted by molar-refractivity contribution is 8.19. The first-order chi connectivity index (χ1) is 13.5. The minimum Gasteiger partial charge on any atom is -0.478 e. The van der Waals surface area contributed by atoms with Crippen LogP contribution in [0, 0.1) is 0 Å². The maximum absolute atomic E-state index is 12.6. The standard InChI is InChI=1S/C21H13NO5S/c23-19-18(28-21(26)22(19)13-6-2-1-3-7-13)12-14-10-11-17(27-14)15-8-4-5-9-16(15)20(24)25/h1-12H,(H,24,25)/b18-12+. The second-order valence-corrected chi connectivity index (χ2v) is 6.90. The van der Waals surface area contributed by atoms with Crippen molar-refractivity contribution in [2.45, 2.75) is 0 Å². The van der Waals surface area contributed by atoms with Gasteiger partial charge in [-0.1, -0.05) is 36.4 Å². The molecule has 28 heavy (non-hydrogen) atoms. The Balaban J connectivity index is 1.64. The van der Waals surface area contributed by atoms with Gasteiger partial charge in [-0.3, -0.25) is 9.59 Å². The van der Waals surface area contributed by atoms with E-state index in [1.807, 2.05) is 0 Å². The molecular formula is C21H13NO5S. The Bertz CT molecular complexity index is 1120. The first-order valence-corrected chi connectivity index (χ1v) is 9.12. The number of furan rings is 1. The van der Waals surface area contributed by atoms with Crippen molar-refractivity contribution in [1.82, 2.24) is 0 Å². The van der Waals surface area contributed by atoms with Crippen LogP contribution in [0.1, 0.15) is 16.1 Å². The van der Waals surface area contributed by atoms with Crippen LogP contribution in [0.3, 0.4) is 0 Å². The monoisotopic (exact) mass is 391 g/mol. The first kappa shape index (κ1) is 17.8. The van der Waals surface area contributed by atoms with Gasteiger partial charge in [0.2, 0.25) is 0 Å². The predicted molar refractivity (Wildman–Crippen MR) is 106 cm³/mol. The zero-order valence-corrected chi connectivity index (χ0v) is 15.2. The van der Waals surface area contributed by atoms with Gasteiger partial charge in [-0.25, -0.2) is 9.69 Å². The van der Waals surface area contributed by atoms with E-state index in [1.165, 1.54) is 12.1 Å². The molecule has 0 atom stereocenters. The van der Waals surface area contributed by atoms with E-state index in [0.29, 0.717) is 22.8 Å². The molecule has 0 saturated carbocycles. The normalized spacial score (nSPS) is 15.4. The third kappa shape index (κ3) is 3.23. The molecule has 2 aromatic carbocycles. The van der Waals surface area contributed by atoms with Crippen molar-refractivity contribution in [3.8, 4) is 11.3 Å². The van der Waals surface area contributed by atoms with Crippen LogP contribution in [0.15, 0.2) is 76.1 Å². The summed E-state index contributed by atoms with van der Waals surface area (Å²) < 4.78 is 5.71. The predicted octanol–water partition coefficient (Wildman–Crippen LogP) is 4.89. The van der Waals surface area contributed by atoms with Gasteiger partial charge in [0.05, 0.1) is 16.2 Å². The average Bonchev–Trinajstić information content (AvgIpc) is 3.27. The van der Waals surface area contributed by atoms with Crippen molar-refractivity contribution in [2.75, 3.05) is 4.90 Å². The number of benzene rings is 2. The fourth-order valence-electron chi connectivity index (χ4n) is 2.86. The molecule has 1 N–H and O–H groups in total. The van der Waals surface area contributed by atoms with Crippen LogP contribution in [0.4, 0.5) is 10.5 Å². The molecule has 1 aliphatic rings. The second kappa shape index (κ2) is 7.21. The van der Waals surface area contributed by atoms with Crippen LogP contribution in [0.2, 0.25) is 0 Å². The molecule has 7 heteroatoms. The van der Waals surface area contributed by atoms with Crippen molar-refractivity contribution in [3.63, 3.8) is 0 Å². The van der Waals surface area contributed by atoms with E-state index in [4.69, 9.17) is 4.42 Å². The summed E-state index contributed by atoms with van der Waals surface area (Å²) in [5, 5.41) is 8.94. The highest BCUT2D eigenvalue weighted by Crippen LogP contribution is 2.36. The Labute approximate surface area is 164 Å². The third-order valence-electron chi connectivity index (χ3n) is 4.13. The molecule has 1 saturated heterocycles. The zero-order valence-electron chi connectivity index (χ0n) is 14.4. The lowest BCUT2D eigenvalue weighted by molar-refractivity contribution is -0.113. The van der Waals surface area contributed by atoms with Gasteiger partial charge in [-0.05, 0) is 42.1 Å². The van der Waals surface area contributed by atoms with Crippen molar-refractivity contribution in [1.29, 1.82) is 0 Å². The summed E-state index contributed by atoms with van der Waals surface area (Å²) in [6.07, 6.45) is 1.49. The summed E-state index contributed by atoms with van der Waals surface area (Å²) >= 11 is 0.829. The quantitative estimate of drug-likeness (QED) is 0.638. The number of carbonyl (C=O) groups excluding carboxylic acids is 2. The number of thioether (sulfide) groups is 1. The van der Waals surface area contributed by atoms with Gasteiger partial charge < -0.3 is 9.52 Å². The van der Waals surface area contributed by atoms with Gasteiger partial charge in [-0.2, -0.15) is 0 Å². The van der Waals surface area contributed by atoms with E-state index in [2.05, 4.69) is 0 Å². The summed E-state index contributed by atoms with van der Waals surface area (Å²) in [5.41, 5.74) is 1.06. The van der Waals surface area contributed by atoms with Gasteiger partial charge in [0.15, 0.2) is 0 Å². The van der Waals surface area contributed by atoms with Crippen molar-refractivity contribution in [2.24, 2.45) is 0 Å². The largest absolute Gasteiger partial charge is 0.478 e. The number of nitrogens with zero attached hydrogens (tertiary/aromatic N) is 1. The maximum atomic E-state index is 12.6. The van der Waals surface area contributed by atoms with Gasteiger partial charge in [0, 0.05) is 11.6 Å². The molecule has 0 bridgehead atoms. The topological polar surface area (TPSA) is 87.8 Å². The van der Waals surface area contributed by atoms with E-state index >= 15 is 0 Å². The summed E-state index contributed by atoms with van der Waals surface area (Å²) in [6.45, 7) is 0. The maximum Gasteiger partial charge on any atom is 0.336 e. The van der Waals surface area contributed by atoms with Crippen LogP contribution in [-0.2, 0) is 4.79 Å². The molecule has 0 aliphatic carbocycles. The molecule has 4 rings (SSSR count). The number of carbonyl (C=O) groups is 3. The van der Waals surface area contributed by atoms with E-state index in [1.54, 1.807) is 60.7 Å². The Kier molecular flexibility index (Phi) is 4.58. The van der Waals surface area contributed by atoms with Gasteiger partial charge in [-0.15, -0.1) is 0 Å².